The second-order valence-corrected chi connectivity index (χ2v) is 11.0. The topological polar surface area (TPSA) is 102 Å². The van der Waals surface area contributed by atoms with Crippen molar-refractivity contribution in [3.05, 3.63) is 95.1 Å². The van der Waals surface area contributed by atoms with E-state index in [1.165, 1.54) is 18.6 Å². The number of alkyl carbamates (subject to hydrolysis) is 1. The number of amides is 3. The number of rotatable bonds is 8. The molecule has 1 saturated carbocycles. The Labute approximate surface area is 238 Å². The third-order valence-electron chi connectivity index (χ3n) is 8.37. The molecule has 0 saturated heterocycles. The fraction of sp³-hybridized carbons (Fsp3) is 0.333. The van der Waals surface area contributed by atoms with Crippen molar-refractivity contribution in [2.45, 2.75) is 56.9 Å². The van der Waals surface area contributed by atoms with Crippen molar-refractivity contribution in [2.24, 2.45) is 5.92 Å². The maximum Gasteiger partial charge on any atom is 0.407 e. The third-order valence-corrected chi connectivity index (χ3v) is 8.37. The second-order valence-electron chi connectivity index (χ2n) is 11.0. The van der Waals surface area contributed by atoms with E-state index in [0.717, 1.165) is 47.9 Å². The summed E-state index contributed by atoms with van der Waals surface area (Å²) in [6, 6.07) is 22.0. The van der Waals surface area contributed by atoms with Crippen molar-refractivity contribution in [1.29, 1.82) is 0 Å². The van der Waals surface area contributed by atoms with E-state index in [9.17, 15) is 19.2 Å². The number of fused-ring (bicyclic) bond motifs is 4. The zero-order chi connectivity index (χ0) is 28.3. The highest BCUT2D eigenvalue weighted by atomic mass is 16.7. The van der Waals surface area contributed by atoms with Crippen molar-refractivity contribution < 1.29 is 28.8 Å². The molecule has 0 radical (unpaired) electrons. The molecule has 3 aromatic carbocycles. The molecule has 1 fully saturated rings. The van der Waals surface area contributed by atoms with E-state index < -0.39 is 29.9 Å². The Bertz CT molecular complexity index is 1410. The van der Waals surface area contributed by atoms with E-state index in [1.807, 2.05) is 24.3 Å². The van der Waals surface area contributed by atoms with Crippen LogP contribution in [0, 0.1) is 5.92 Å². The lowest BCUT2D eigenvalue weighted by Gasteiger charge is -2.27. The van der Waals surface area contributed by atoms with Crippen molar-refractivity contribution >= 4 is 23.9 Å². The van der Waals surface area contributed by atoms with Crippen LogP contribution in [-0.4, -0.2) is 41.6 Å². The van der Waals surface area contributed by atoms with E-state index in [4.69, 9.17) is 9.57 Å². The van der Waals surface area contributed by atoms with Gasteiger partial charge in [0.15, 0.2) is 0 Å². The largest absolute Gasteiger partial charge is 0.449 e. The Hall–Kier alpha value is -4.46. The van der Waals surface area contributed by atoms with Crippen molar-refractivity contribution in [1.82, 2.24) is 10.4 Å². The minimum absolute atomic E-state index is 0.0799. The Kier molecular flexibility index (Phi) is 7.55. The van der Waals surface area contributed by atoms with Gasteiger partial charge in [0.1, 0.15) is 6.61 Å². The van der Waals surface area contributed by atoms with Crippen LogP contribution < -0.4 is 5.32 Å². The van der Waals surface area contributed by atoms with Crippen LogP contribution in [0.3, 0.4) is 0 Å². The van der Waals surface area contributed by atoms with Gasteiger partial charge in [-0.3, -0.25) is 9.59 Å². The number of hydroxylamine groups is 2. The molecular weight excluding hydrogens is 520 g/mol. The van der Waals surface area contributed by atoms with Crippen LogP contribution in [0.4, 0.5) is 4.79 Å². The first-order valence-corrected chi connectivity index (χ1v) is 14.3. The number of nitrogens with one attached hydrogen (secondary N) is 1. The maximum atomic E-state index is 13.1. The SMILES string of the molecule is O=C(C[C@@H](CC1CCCCC1)NC(=O)OCC1c2ccccc2-c2ccccc21)ON1C(=O)c2ccccc2C1=O. The number of imide groups is 1. The van der Waals surface area contributed by atoms with Gasteiger partial charge in [0.25, 0.3) is 11.8 Å². The molecule has 8 heteroatoms. The second kappa shape index (κ2) is 11.6. The van der Waals surface area contributed by atoms with Crippen LogP contribution in [-0.2, 0) is 14.4 Å². The smallest absolute Gasteiger partial charge is 0.407 e. The number of benzene rings is 3. The van der Waals surface area contributed by atoms with Gasteiger partial charge in [0.2, 0.25) is 0 Å². The van der Waals surface area contributed by atoms with Gasteiger partial charge in [0, 0.05) is 12.0 Å². The molecule has 6 rings (SSSR count). The highest BCUT2D eigenvalue weighted by Gasteiger charge is 2.39. The fourth-order valence-electron chi connectivity index (χ4n) is 6.42. The van der Waals surface area contributed by atoms with Gasteiger partial charge in [-0.25, -0.2) is 9.59 Å². The first-order chi connectivity index (χ1) is 20.0. The van der Waals surface area contributed by atoms with Gasteiger partial charge in [-0.2, -0.15) is 0 Å². The van der Waals surface area contributed by atoms with E-state index in [0.29, 0.717) is 17.4 Å². The molecule has 0 spiro atoms. The molecule has 1 atom stereocenters. The van der Waals surface area contributed by atoms with Gasteiger partial charge >= 0.3 is 12.1 Å². The molecule has 41 heavy (non-hydrogen) atoms. The first kappa shape index (κ1) is 26.7. The van der Waals surface area contributed by atoms with Crippen LogP contribution in [0.25, 0.3) is 11.1 Å². The molecule has 210 valence electrons. The van der Waals surface area contributed by atoms with Crippen molar-refractivity contribution in [2.75, 3.05) is 6.61 Å². The summed E-state index contributed by atoms with van der Waals surface area (Å²) in [5, 5.41) is 3.39. The molecule has 3 amide bonds. The summed E-state index contributed by atoms with van der Waals surface area (Å²) >= 11 is 0. The van der Waals surface area contributed by atoms with E-state index in [1.54, 1.807) is 12.1 Å². The average Bonchev–Trinajstić information content (AvgIpc) is 3.44. The van der Waals surface area contributed by atoms with Crippen LogP contribution in [0.2, 0.25) is 0 Å². The summed E-state index contributed by atoms with van der Waals surface area (Å²) in [4.78, 5) is 56.5. The number of carbonyl (C=O) groups excluding carboxylic acids is 4. The fourth-order valence-corrected chi connectivity index (χ4v) is 6.42. The van der Waals surface area contributed by atoms with Gasteiger partial charge in [-0.1, -0.05) is 97.8 Å². The van der Waals surface area contributed by atoms with Gasteiger partial charge in [0.05, 0.1) is 17.5 Å². The summed E-state index contributed by atoms with van der Waals surface area (Å²) in [6.45, 7) is 0.162. The lowest BCUT2D eigenvalue weighted by molar-refractivity contribution is -0.169. The number of ether oxygens (including phenoxy) is 1. The van der Waals surface area contributed by atoms with Crippen LogP contribution in [0.5, 0.6) is 0 Å². The highest BCUT2D eigenvalue weighted by Crippen LogP contribution is 2.44. The standard InChI is InChI=1S/C33H32N2O6/c36-30(41-35-31(37)27-16-8-9-17-28(27)32(35)38)19-22(18-21-10-2-1-3-11-21)34-33(39)40-20-29-25-14-6-4-12-23(25)24-13-5-7-15-26(24)29/h4-9,12-17,21-22,29H,1-3,10-11,18-20H2,(H,34,39)/t22-/m1/s1. The molecule has 0 unspecified atom stereocenters. The minimum atomic E-state index is -0.765. The Morgan fingerprint density at radius 3 is 1.90 bits per heavy atom. The molecular formula is C33H32N2O6. The van der Waals surface area contributed by atoms with Crippen LogP contribution in [0.1, 0.15) is 82.7 Å². The van der Waals surface area contributed by atoms with Gasteiger partial charge in [-0.15, -0.1) is 0 Å². The number of nitrogens with zero attached hydrogens (tertiary/aromatic N) is 1. The minimum Gasteiger partial charge on any atom is -0.449 e. The highest BCUT2D eigenvalue weighted by molar-refractivity contribution is 6.20. The summed E-state index contributed by atoms with van der Waals surface area (Å²) in [6.07, 6.45) is 5.25. The zero-order valence-corrected chi connectivity index (χ0v) is 22.7. The molecule has 2 aliphatic carbocycles. The van der Waals surface area contributed by atoms with E-state index in [-0.39, 0.29) is 30.1 Å². The normalized spacial score (nSPS) is 17.0. The maximum absolute atomic E-state index is 13.1. The Morgan fingerprint density at radius 1 is 0.780 bits per heavy atom. The summed E-state index contributed by atoms with van der Waals surface area (Å²) in [7, 11) is 0. The lowest BCUT2D eigenvalue weighted by atomic mass is 9.84. The molecule has 1 N–H and O–H groups in total. The van der Waals surface area contributed by atoms with Crippen LogP contribution >= 0.6 is 0 Å². The molecule has 1 heterocycles. The quantitative estimate of drug-likeness (QED) is 0.344. The van der Waals surface area contributed by atoms with E-state index >= 15 is 0 Å². The Balaban J connectivity index is 1.11. The monoisotopic (exact) mass is 552 g/mol. The Morgan fingerprint density at radius 2 is 1.32 bits per heavy atom. The summed E-state index contributed by atoms with van der Waals surface area (Å²) < 4.78 is 5.73. The summed E-state index contributed by atoms with van der Waals surface area (Å²) in [5.74, 6) is -1.84. The van der Waals surface area contributed by atoms with Gasteiger partial charge < -0.3 is 14.9 Å². The average molecular weight is 553 g/mol. The summed E-state index contributed by atoms with van der Waals surface area (Å²) in [5.41, 5.74) is 4.91. The predicted octanol–water partition coefficient (Wildman–Crippen LogP) is 6.01. The predicted molar refractivity (Wildman–Crippen MR) is 151 cm³/mol. The van der Waals surface area contributed by atoms with Gasteiger partial charge in [-0.05, 0) is 46.7 Å². The molecule has 3 aromatic rings. The lowest BCUT2D eigenvalue weighted by Crippen LogP contribution is -2.41. The van der Waals surface area contributed by atoms with Crippen molar-refractivity contribution in [3.63, 3.8) is 0 Å². The molecule has 0 bridgehead atoms. The number of hydrogen-bond acceptors (Lipinski definition) is 6. The molecule has 3 aliphatic rings. The van der Waals surface area contributed by atoms with E-state index in [2.05, 4.69) is 29.6 Å². The first-order valence-electron chi connectivity index (χ1n) is 14.3. The molecule has 8 nitrogen and oxygen atoms in total. The zero-order valence-electron chi connectivity index (χ0n) is 22.7. The number of carbonyl (C=O) groups is 4. The molecule has 0 aromatic heterocycles. The number of hydrogen-bond donors (Lipinski definition) is 1. The van der Waals surface area contributed by atoms with Crippen LogP contribution in [0.15, 0.2) is 72.8 Å². The van der Waals surface area contributed by atoms with Crippen molar-refractivity contribution in [3.8, 4) is 11.1 Å². The third kappa shape index (κ3) is 5.46. The molecule has 1 aliphatic heterocycles.